The minimum absolute atomic E-state index is 0.775. The summed E-state index contributed by atoms with van der Waals surface area (Å²) in [6, 6.07) is 8.17. The van der Waals surface area contributed by atoms with Gasteiger partial charge in [0.2, 0.25) is 0 Å². The molecule has 0 aromatic heterocycles. The first-order valence-corrected chi connectivity index (χ1v) is 10.7. The van der Waals surface area contributed by atoms with Crippen molar-refractivity contribution in [1.29, 1.82) is 0 Å². The van der Waals surface area contributed by atoms with Gasteiger partial charge in [-0.05, 0) is 38.9 Å². The Morgan fingerprint density at radius 3 is 2.50 bits per heavy atom. The van der Waals surface area contributed by atoms with Gasteiger partial charge in [-0.25, -0.2) is 0 Å². The predicted octanol–water partition coefficient (Wildman–Crippen LogP) is 2.51. The van der Waals surface area contributed by atoms with E-state index in [1.165, 1.54) is 51.3 Å². The fourth-order valence-electron chi connectivity index (χ4n) is 3.59. The molecule has 1 saturated heterocycles. The van der Waals surface area contributed by atoms with Crippen LogP contribution in [-0.4, -0.2) is 87.2 Å². The fourth-order valence-corrected chi connectivity index (χ4v) is 3.59. The Balaban J connectivity index is 1.76. The maximum atomic E-state index is 5.48. The van der Waals surface area contributed by atoms with E-state index in [0.29, 0.717) is 0 Å². The highest BCUT2D eigenvalue weighted by Gasteiger charge is 2.14. The summed E-state index contributed by atoms with van der Waals surface area (Å²) in [6.45, 7) is 14.1. The molecule has 1 aliphatic rings. The Hall–Kier alpha value is -1.79. The smallest absolute Gasteiger partial charge is 0.193 e. The molecule has 0 saturated carbocycles. The first kappa shape index (κ1) is 22.5. The van der Waals surface area contributed by atoms with E-state index in [0.717, 1.165) is 37.8 Å². The predicted molar refractivity (Wildman–Crippen MR) is 118 cm³/mol. The Morgan fingerprint density at radius 2 is 1.82 bits per heavy atom. The van der Waals surface area contributed by atoms with Crippen molar-refractivity contribution in [1.82, 2.24) is 20.0 Å². The lowest BCUT2D eigenvalue weighted by Gasteiger charge is -2.33. The summed E-state index contributed by atoms with van der Waals surface area (Å²) in [7, 11) is 3.81. The second kappa shape index (κ2) is 12.6. The van der Waals surface area contributed by atoms with Gasteiger partial charge in [0.1, 0.15) is 5.75 Å². The van der Waals surface area contributed by atoms with Crippen molar-refractivity contribution in [3.05, 3.63) is 29.8 Å². The van der Waals surface area contributed by atoms with E-state index >= 15 is 0 Å². The molecule has 1 N–H and O–H groups in total. The van der Waals surface area contributed by atoms with Gasteiger partial charge in [0, 0.05) is 58.4 Å². The zero-order valence-corrected chi connectivity index (χ0v) is 18.3. The average molecular weight is 390 g/mol. The summed E-state index contributed by atoms with van der Waals surface area (Å²) >= 11 is 0. The zero-order valence-electron chi connectivity index (χ0n) is 18.3. The Labute approximate surface area is 171 Å². The van der Waals surface area contributed by atoms with Gasteiger partial charge in [-0.3, -0.25) is 4.99 Å². The van der Waals surface area contributed by atoms with Crippen molar-refractivity contribution in [2.75, 3.05) is 66.5 Å². The molecule has 1 aromatic rings. The van der Waals surface area contributed by atoms with Crippen LogP contribution in [0.1, 0.15) is 32.3 Å². The van der Waals surface area contributed by atoms with Crippen LogP contribution in [0.25, 0.3) is 0 Å². The highest BCUT2D eigenvalue weighted by atomic mass is 16.5. The van der Waals surface area contributed by atoms with Crippen molar-refractivity contribution >= 4 is 5.96 Å². The van der Waals surface area contributed by atoms with E-state index in [9.17, 15) is 0 Å². The second-order valence-corrected chi connectivity index (χ2v) is 7.39. The number of unbranched alkanes of at least 4 members (excludes halogenated alkanes) is 1. The van der Waals surface area contributed by atoms with Gasteiger partial charge in [-0.15, -0.1) is 0 Å². The Bertz CT molecular complexity index is 584. The fraction of sp³-hybridized carbons (Fsp3) is 0.682. The third-order valence-corrected chi connectivity index (χ3v) is 5.35. The molecule has 0 bridgehead atoms. The van der Waals surface area contributed by atoms with E-state index in [1.807, 2.05) is 12.1 Å². The Kier molecular flexibility index (Phi) is 10.1. The number of methoxy groups -OCH3 is 1. The number of guanidine groups is 1. The van der Waals surface area contributed by atoms with Gasteiger partial charge in [0.25, 0.3) is 0 Å². The number of rotatable bonds is 10. The number of hydrogen-bond acceptors (Lipinski definition) is 4. The maximum absolute atomic E-state index is 5.48. The molecule has 0 amide bonds. The molecule has 28 heavy (non-hydrogen) atoms. The van der Waals surface area contributed by atoms with Crippen LogP contribution < -0.4 is 10.1 Å². The monoisotopic (exact) mass is 389 g/mol. The number of hydrogen-bond donors (Lipinski definition) is 1. The normalized spacial score (nSPS) is 16.2. The molecule has 1 fully saturated rings. The highest BCUT2D eigenvalue weighted by Crippen LogP contribution is 2.18. The SMILES string of the molecule is CCNC(=NCCCCN1CCN(CC)CC1)N(C)Cc1ccccc1OC. The number of nitrogens with zero attached hydrogens (tertiary/aromatic N) is 4. The number of nitrogens with one attached hydrogen (secondary N) is 1. The van der Waals surface area contributed by atoms with E-state index < -0.39 is 0 Å². The van der Waals surface area contributed by atoms with Gasteiger partial charge in [0.05, 0.1) is 7.11 Å². The van der Waals surface area contributed by atoms with Gasteiger partial charge in [-0.2, -0.15) is 0 Å². The molecule has 6 heteroatoms. The number of aliphatic imine (C=N–C) groups is 1. The molecule has 0 aliphatic carbocycles. The lowest BCUT2D eigenvalue weighted by molar-refractivity contribution is 0.136. The summed E-state index contributed by atoms with van der Waals surface area (Å²) < 4.78 is 5.48. The number of likely N-dealkylation sites (N-methyl/N-ethyl adjacent to an activating group) is 1. The average Bonchev–Trinajstić information content (AvgIpc) is 2.73. The van der Waals surface area contributed by atoms with Crippen LogP contribution >= 0.6 is 0 Å². The van der Waals surface area contributed by atoms with Crippen molar-refractivity contribution in [2.24, 2.45) is 4.99 Å². The molecule has 1 heterocycles. The molecule has 0 atom stereocenters. The van der Waals surface area contributed by atoms with Gasteiger partial charge < -0.3 is 24.8 Å². The first-order valence-electron chi connectivity index (χ1n) is 10.7. The Morgan fingerprint density at radius 1 is 1.11 bits per heavy atom. The highest BCUT2D eigenvalue weighted by molar-refractivity contribution is 5.79. The van der Waals surface area contributed by atoms with Crippen LogP contribution in [0.2, 0.25) is 0 Å². The number of para-hydroxylation sites is 1. The largest absolute Gasteiger partial charge is 0.496 e. The molecular weight excluding hydrogens is 350 g/mol. The molecule has 0 spiro atoms. The van der Waals surface area contributed by atoms with Crippen LogP contribution in [0, 0.1) is 0 Å². The summed E-state index contributed by atoms with van der Waals surface area (Å²) in [6.07, 6.45) is 2.34. The van der Waals surface area contributed by atoms with Gasteiger partial charge in [0.15, 0.2) is 5.96 Å². The third-order valence-electron chi connectivity index (χ3n) is 5.35. The zero-order chi connectivity index (χ0) is 20.2. The number of ether oxygens (including phenoxy) is 1. The van der Waals surface area contributed by atoms with Crippen molar-refractivity contribution < 1.29 is 4.74 Å². The minimum Gasteiger partial charge on any atom is -0.496 e. The van der Waals surface area contributed by atoms with Crippen LogP contribution in [0.5, 0.6) is 5.75 Å². The van der Waals surface area contributed by atoms with Crippen molar-refractivity contribution in [2.45, 2.75) is 33.2 Å². The van der Waals surface area contributed by atoms with Gasteiger partial charge in [-0.1, -0.05) is 25.1 Å². The standard InChI is InChI=1S/C22H39N5O/c1-5-23-22(25(3)19-20-11-7-8-12-21(20)28-4)24-13-9-10-14-27-17-15-26(6-2)16-18-27/h7-8,11-12H,5-6,9-10,13-19H2,1-4H3,(H,23,24). The summed E-state index contributed by atoms with van der Waals surface area (Å²) in [5.74, 6) is 1.89. The maximum Gasteiger partial charge on any atom is 0.193 e. The lowest BCUT2D eigenvalue weighted by Crippen LogP contribution is -2.46. The van der Waals surface area contributed by atoms with E-state index in [1.54, 1.807) is 7.11 Å². The molecular formula is C22H39N5O. The molecule has 6 nitrogen and oxygen atoms in total. The second-order valence-electron chi connectivity index (χ2n) is 7.39. The third kappa shape index (κ3) is 7.32. The van der Waals surface area contributed by atoms with Crippen LogP contribution in [0.4, 0.5) is 0 Å². The molecule has 0 radical (unpaired) electrons. The van der Waals surface area contributed by atoms with Crippen molar-refractivity contribution in [3.63, 3.8) is 0 Å². The molecule has 0 unspecified atom stereocenters. The molecule has 2 rings (SSSR count). The quantitative estimate of drug-likeness (QED) is 0.378. The molecule has 158 valence electrons. The topological polar surface area (TPSA) is 43.3 Å². The van der Waals surface area contributed by atoms with Crippen molar-refractivity contribution in [3.8, 4) is 5.75 Å². The van der Waals surface area contributed by atoms with Crippen LogP contribution in [-0.2, 0) is 6.54 Å². The van der Waals surface area contributed by atoms with Crippen LogP contribution in [0.3, 0.4) is 0 Å². The van der Waals surface area contributed by atoms with Gasteiger partial charge >= 0.3 is 0 Å². The number of piperazine rings is 1. The van der Waals surface area contributed by atoms with E-state index in [-0.39, 0.29) is 0 Å². The van der Waals surface area contributed by atoms with E-state index in [2.05, 4.69) is 53.0 Å². The summed E-state index contributed by atoms with van der Waals surface area (Å²) in [5, 5.41) is 3.41. The minimum atomic E-state index is 0.775. The summed E-state index contributed by atoms with van der Waals surface area (Å²) in [5.41, 5.74) is 1.17. The molecule has 1 aromatic carbocycles. The van der Waals surface area contributed by atoms with E-state index in [4.69, 9.17) is 9.73 Å². The molecule has 1 aliphatic heterocycles. The van der Waals surface area contributed by atoms with Crippen LogP contribution in [0.15, 0.2) is 29.3 Å². The lowest BCUT2D eigenvalue weighted by atomic mass is 10.2. The first-order chi connectivity index (χ1) is 13.7. The number of benzene rings is 1. The summed E-state index contributed by atoms with van der Waals surface area (Å²) in [4.78, 5) is 12.1.